The van der Waals surface area contributed by atoms with E-state index in [1.54, 1.807) is 29.8 Å². The van der Waals surface area contributed by atoms with E-state index in [1.165, 1.54) is 0 Å². The minimum Gasteiger partial charge on any atom is -0.497 e. The molecule has 2 N–H and O–H groups in total. The second-order valence-electron chi connectivity index (χ2n) is 7.33. The summed E-state index contributed by atoms with van der Waals surface area (Å²) in [4.78, 5) is 12.5. The first-order valence-electron chi connectivity index (χ1n) is 10.6. The zero-order valence-electron chi connectivity index (χ0n) is 18.3. The predicted molar refractivity (Wildman–Crippen MR) is 125 cm³/mol. The van der Waals surface area contributed by atoms with E-state index < -0.39 is 0 Å². The molecule has 170 valence electrons. The third-order valence-electron chi connectivity index (χ3n) is 5.10. The zero-order chi connectivity index (χ0) is 23.3. The van der Waals surface area contributed by atoms with Gasteiger partial charge >= 0.3 is 0 Å². The number of hydrogen-bond donors (Lipinski definition) is 2. The van der Waals surface area contributed by atoms with Gasteiger partial charge in [0.25, 0.3) is 5.91 Å². The first-order valence-corrected chi connectivity index (χ1v) is 10.6. The van der Waals surface area contributed by atoms with E-state index in [0.717, 1.165) is 16.9 Å². The number of ether oxygens (including phenoxy) is 2. The molecular formula is C24H21N7O3. The Morgan fingerprint density at radius 2 is 1.85 bits per heavy atom. The molecule has 0 aliphatic rings. The second-order valence-corrected chi connectivity index (χ2v) is 7.33. The molecule has 10 heteroatoms. The molecule has 0 bridgehead atoms. The van der Waals surface area contributed by atoms with Crippen LogP contribution in [0.25, 0.3) is 28.3 Å². The lowest BCUT2D eigenvalue weighted by molar-refractivity contribution is 0.0941. The van der Waals surface area contributed by atoms with E-state index in [4.69, 9.17) is 9.47 Å². The number of aromatic nitrogens is 6. The summed E-state index contributed by atoms with van der Waals surface area (Å²) in [5.41, 5.74) is 3.38. The Hall–Kier alpha value is -4.73. The first-order chi connectivity index (χ1) is 16.7. The van der Waals surface area contributed by atoms with Gasteiger partial charge in [0.05, 0.1) is 19.3 Å². The van der Waals surface area contributed by atoms with Crippen LogP contribution in [-0.2, 0) is 0 Å². The molecule has 5 rings (SSSR count). The van der Waals surface area contributed by atoms with Crippen molar-refractivity contribution in [2.45, 2.75) is 0 Å². The number of nitrogens with zero attached hydrogens (tertiary/aromatic N) is 5. The van der Waals surface area contributed by atoms with E-state index in [9.17, 15) is 4.79 Å². The maximum atomic E-state index is 12.5. The van der Waals surface area contributed by atoms with Gasteiger partial charge in [0.15, 0.2) is 11.5 Å². The van der Waals surface area contributed by atoms with E-state index in [0.29, 0.717) is 35.3 Å². The van der Waals surface area contributed by atoms with Gasteiger partial charge < -0.3 is 14.8 Å². The summed E-state index contributed by atoms with van der Waals surface area (Å²) in [6.07, 6.45) is 0. The van der Waals surface area contributed by atoms with Crippen molar-refractivity contribution in [2.24, 2.45) is 0 Å². The van der Waals surface area contributed by atoms with Crippen LogP contribution < -0.4 is 14.8 Å². The molecule has 3 heterocycles. The van der Waals surface area contributed by atoms with Crippen LogP contribution in [0.2, 0.25) is 0 Å². The number of aromatic amines is 1. The molecular weight excluding hydrogens is 434 g/mol. The first kappa shape index (κ1) is 21.1. The van der Waals surface area contributed by atoms with Gasteiger partial charge in [0.2, 0.25) is 5.88 Å². The van der Waals surface area contributed by atoms with Gasteiger partial charge in [0.1, 0.15) is 18.1 Å². The Labute approximate surface area is 194 Å². The highest BCUT2D eigenvalue weighted by molar-refractivity contribution is 5.93. The fraction of sp³-hybridized carbons (Fsp3) is 0.125. The minimum atomic E-state index is -0.279. The molecule has 0 radical (unpaired) electrons. The van der Waals surface area contributed by atoms with Crippen LogP contribution in [0.1, 0.15) is 10.5 Å². The number of carbonyl (C=O) groups excluding carboxylic acids is 1. The number of benzene rings is 2. The van der Waals surface area contributed by atoms with Crippen molar-refractivity contribution in [2.75, 3.05) is 20.3 Å². The van der Waals surface area contributed by atoms with Crippen molar-refractivity contribution in [1.29, 1.82) is 0 Å². The van der Waals surface area contributed by atoms with Gasteiger partial charge in [-0.05, 0) is 24.3 Å². The molecule has 0 fully saturated rings. The fourth-order valence-corrected chi connectivity index (χ4v) is 3.40. The summed E-state index contributed by atoms with van der Waals surface area (Å²) in [6.45, 7) is 0.531. The molecule has 0 unspecified atom stereocenters. The molecule has 0 atom stereocenters. The molecule has 0 aliphatic carbocycles. The Morgan fingerprint density at radius 1 is 1.00 bits per heavy atom. The van der Waals surface area contributed by atoms with Gasteiger partial charge in [0, 0.05) is 17.2 Å². The van der Waals surface area contributed by atoms with Crippen LogP contribution in [0, 0.1) is 0 Å². The average molecular weight is 455 g/mol. The zero-order valence-corrected chi connectivity index (χ0v) is 18.3. The molecule has 0 saturated carbocycles. The Bertz CT molecular complexity index is 1430. The lowest BCUT2D eigenvalue weighted by Gasteiger charge is -2.07. The molecule has 0 aliphatic heterocycles. The molecule has 34 heavy (non-hydrogen) atoms. The fourth-order valence-electron chi connectivity index (χ4n) is 3.40. The number of hydrogen-bond acceptors (Lipinski definition) is 7. The maximum Gasteiger partial charge on any atom is 0.269 e. The SMILES string of the molecule is COc1cccc(-c2cc(C(=O)NCCOc3ccc4nnc(-c5ccccc5)n4n3)[nH]n2)c1. The highest BCUT2D eigenvalue weighted by Crippen LogP contribution is 2.22. The highest BCUT2D eigenvalue weighted by Gasteiger charge is 2.12. The van der Waals surface area contributed by atoms with Crippen molar-refractivity contribution >= 4 is 11.6 Å². The number of methoxy groups -OCH3 is 1. The van der Waals surface area contributed by atoms with Crippen LogP contribution in [0.4, 0.5) is 0 Å². The van der Waals surface area contributed by atoms with Crippen molar-refractivity contribution in [3.05, 3.63) is 78.5 Å². The quantitative estimate of drug-likeness (QED) is 0.345. The Morgan fingerprint density at radius 3 is 2.71 bits per heavy atom. The number of H-pyrrole nitrogens is 1. The van der Waals surface area contributed by atoms with Gasteiger partial charge in [-0.1, -0.05) is 42.5 Å². The Kier molecular flexibility index (Phi) is 5.85. The summed E-state index contributed by atoms with van der Waals surface area (Å²) < 4.78 is 12.6. The van der Waals surface area contributed by atoms with E-state index in [-0.39, 0.29) is 12.5 Å². The molecule has 10 nitrogen and oxygen atoms in total. The standard InChI is InChI=1S/C24H21N7O3/c1-33-18-9-5-8-17(14-18)19-15-20(27-26-19)24(32)25-12-13-34-22-11-10-21-28-29-23(31(21)30-22)16-6-3-2-4-7-16/h2-11,14-15H,12-13H2,1H3,(H,25,32)(H,26,27). The van der Waals surface area contributed by atoms with Gasteiger partial charge in [-0.3, -0.25) is 9.89 Å². The maximum absolute atomic E-state index is 12.5. The molecule has 1 amide bonds. The van der Waals surface area contributed by atoms with Gasteiger partial charge in [-0.25, -0.2) is 0 Å². The van der Waals surface area contributed by atoms with Crippen molar-refractivity contribution in [3.8, 4) is 34.3 Å². The summed E-state index contributed by atoms with van der Waals surface area (Å²) in [6, 6.07) is 22.3. The third kappa shape index (κ3) is 4.42. The topological polar surface area (TPSA) is 119 Å². The largest absolute Gasteiger partial charge is 0.497 e. The van der Waals surface area contributed by atoms with Crippen molar-refractivity contribution < 1.29 is 14.3 Å². The molecule has 0 saturated heterocycles. The number of fused-ring (bicyclic) bond motifs is 1. The van der Waals surface area contributed by atoms with E-state index in [1.807, 2.05) is 54.6 Å². The van der Waals surface area contributed by atoms with Crippen LogP contribution in [0.3, 0.4) is 0 Å². The molecule has 2 aromatic carbocycles. The molecule has 0 spiro atoms. The van der Waals surface area contributed by atoms with E-state index in [2.05, 4.69) is 30.8 Å². The van der Waals surface area contributed by atoms with Gasteiger partial charge in [-0.15, -0.1) is 15.3 Å². The average Bonchev–Trinajstić information content (AvgIpc) is 3.55. The second kappa shape index (κ2) is 9.41. The molecule has 5 aromatic rings. The Balaban J connectivity index is 1.18. The monoisotopic (exact) mass is 455 g/mol. The lowest BCUT2D eigenvalue weighted by Crippen LogP contribution is -2.28. The van der Waals surface area contributed by atoms with Crippen LogP contribution in [-0.4, -0.2) is 56.2 Å². The predicted octanol–water partition coefficient (Wildman–Crippen LogP) is 3.00. The lowest BCUT2D eigenvalue weighted by atomic mass is 10.1. The summed E-state index contributed by atoms with van der Waals surface area (Å²) in [5, 5.41) is 22.6. The van der Waals surface area contributed by atoms with Gasteiger partial charge in [-0.2, -0.15) is 9.61 Å². The minimum absolute atomic E-state index is 0.240. The third-order valence-corrected chi connectivity index (χ3v) is 5.10. The normalized spacial score (nSPS) is 10.9. The summed E-state index contributed by atoms with van der Waals surface area (Å²) >= 11 is 0. The van der Waals surface area contributed by atoms with Crippen molar-refractivity contribution in [3.63, 3.8) is 0 Å². The van der Waals surface area contributed by atoms with Crippen molar-refractivity contribution in [1.82, 2.24) is 35.3 Å². The summed E-state index contributed by atoms with van der Waals surface area (Å²) in [7, 11) is 1.60. The number of amides is 1. The smallest absolute Gasteiger partial charge is 0.269 e. The number of nitrogens with one attached hydrogen (secondary N) is 2. The summed E-state index contributed by atoms with van der Waals surface area (Å²) in [5.74, 6) is 1.47. The number of carbonyl (C=O) groups is 1. The number of rotatable bonds is 8. The van der Waals surface area contributed by atoms with E-state index >= 15 is 0 Å². The van der Waals surface area contributed by atoms with Crippen LogP contribution >= 0.6 is 0 Å². The van der Waals surface area contributed by atoms with Crippen LogP contribution in [0.5, 0.6) is 11.6 Å². The molecule has 3 aromatic heterocycles. The highest BCUT2D eigenvalue weighted by atomic mass is 16.5. The van der Waals surface area contributed by atoms with Crippen LogP contribution in [0.15, 0.2) is 72.8 Å².